The number of hydrogen-bond acceptors (Lipinski definition) is 7. The maximum Gasteiger partial charge on any atom is 0.253 e. The lowest BCUT2D eigenvalue weighted by Crippen LogP contribution is -2.37. The van der Waals surface area contributed by atoms with Crippen LogP contribution in [0, 0.1) is 10.7 Å². The summed E-state index contributed by atoms with van der Waals surface area (Å²) in [4.78, 5) is 37.6. The Kier molecular flexibility index (Phi) is 12.2. The highest BCUT2D eigenvalue weighted by Gasteiger charge is 2.28. The molecular weight excluding hydrogens is 739 g/mol. The van der Waals surface area contributed by atoms with Crippen molar-refractivity contribution < 1.29 is 34.8 Å². The minimum atomic E-state index is -1.14. The summed E-state index contributed by atoms with van der Waals surface area (Å²) in [5, 5.41) is 44.5. The van der Waals surface area contributed by atoms with Crippen LogP contribution in [-0.4, -0.2) is 76.7 Å². The Morgan fingerprint density at radius 3 is 1.57 bits per heavy atom. The summed E-state index contributed by atoms with van der Waals surface area (Å²) >= 11 is 5.65. The van der Waals surface area contributed by atoms with Crippen LogP contribution in [0.25, 0.3) is 0 Å². The molecule has 0 bridgehead atoms. The maximum absolute atomic E-state index is 12.8. The second-order valence-electron chi connectivity index (χ2n) is 6.06. The maximum atomic E-state index is 12.8. The molecule has 2 atom stereocenters. The minimum Gasteiger partial charge on any atom is -0.394 e. The van der Waals surface area contributed by atoms with Gasteiger partial charge in [-0.2, -0.15) is 0 Å². The van der Waals surface area contributed by atoms with Crippen molar-refractivity contribution in [2.24, 2.45) is 0 Å². The third-order valence-electron chi connectivity index (χ3n) is 3.77. The molecule has 0 fully saturated rings. The molecule has 168 valence electrons. The van der Waals surface area contributed by atoms with Crippen LogP contribution in [0.2, 0.25) is 0 Å². The van der Waals surface area contributed by atoms with Crippen molar-refractivity contribution in [3.63, 3.8) is 0 Å². The Morgan fingerprint density at radius 2 is 1.23 bits per heavy atom. The monoisotopic (exact) mass is 761 g/mol. The van der Waals surface area contributed by atoms with E-state index < -0.39 is 37.2 Å². The van der Waals surface area contributed by atoms with Crippen molar-refractivity contribution in [2.45, 2.75) is 25.6 Å². The zero-order chi connectivity index (χ0) is 23.0. The van der Waals surface area contributed by atoms with E-state index in [1.807, 2.05) is 67.8 Å². The van der Waals surface area contributed by atoms with E-state index in [1.165, 1.54) is 0 Å². The third kappa shape index (κ3) is 7.37. The number of aliphatic hydroxyl groups excluding tert-OH is 4. The summed E-state index contributed by atoms with van der Waals surface area (Å²) in [6.07, 6.45) is -2.10. The van der Waals surface area contributed by atoms with Gasteiger partial charge in [0.1, 0.15) is 0 Å². The van der Waals surface area contributed by atoms with Crippen LogP contribution in [0.4, 0.5) is 5.69 Å². The van der Waals surface area contributed by atoms with Gasteiger partial charge in [0.25, 0.3) is 11.8 Å². The first-order valence-corrected chi connectivity index (χ1v) is 12.0. The highest BCUT2D eigenvalue weighted by atomic mass is 127. The van der Waals surface area contributed by atoms with Crippen molar-refractivity contribution >= 4 is 91.2 Å². The average Bonchev–Trinajstić information content (AvgIpc) is 2.72. The number of anilines is 1. The molecular formula is C17H22I3N3O7. The number of hydrogen-bond donors (Lipinski definition) is 7. The molecule has 0 radical (unpaired) electrons. The van der Waals surface area contributed by atoms with Gasteiger partial charge in [-0.25, -0.2) is 0 Å². The quantitative estimate of drug-likeness (QED) is 0.165. The average molecular weight is 761 g/mol. The van der Waals surface area contributed by atoms with Gasteiger partial charge in [0.15, 0.2) is 0 Å². The van der Waals surface area contributed by atoms with Crippen LogP contribution < -0.4 is 16.0 Å². The smallest absolute Gasteiger partial charge is 0.253 e. The van der Waals surface area contributed by atoms with Crippen LogP contribution in [0.3, 0.4) is 0 Å². The summed E-state index contributed by atoms with van der Waals surface area (Å²) in [7, 11) is 0. The molecule has 0 heterocycles. The first-order valence-electron chi connectivity index (χ1n) is 8.73. The normalized spacial score (nSPS) is 12.8. The molecule has 0 saturated heterocycles. The van der Waals surface area contributed by atoms with Gasteiger partial charge in [-0.05, 0) is 67.8 Å². The number of amides is 3. The molecule has 0 spiro atoms. The molecule has 0 aromatic heterocycles. The Labute approximate surface area is 214 Å². The minimum absolute atomic E-state index is 0.126. The molecule has 1 aromatic carbocycles. The number of rotatable bonds is 10. The molecule has 0 saturated carbocycles. The van der Waals surface area contributed by atoms with E-state index in [2.05, 4.69) is 16.0 Å². The zero-order valence-corrected chi connectivity index (χ0v) is 22.3. The highest BCUT2D eigenvalue weighted by Crippen LogP contribution is 2.35. The first-order chi connectivity index (χ1) is 14.1. The van der Waals surface area contributed by atoms with Crippen molar-refractivity contribution in [1.82, 2.24) is 10.6 Å². The molecule has 7 N–H and O–H groups in total. The standard InChI is InChI=1S/C17H22I3N3O7/c1-2-9(28)23-15-13(19)10(16(29)21-3-7(26)5-24)12(18)11(14(15)20)17(30)22-4-8(27)6-25/h7-8,24-27H,2-6H2,1H3,(H,21,29)(H,22,30)(H,23,28). The van der Waals surface area contributed by atoms with Crippen molar-refractivity contribution in [2.75, 3.05) is 31.6 Å². The fourth-order valence-electron chi connectivity index (χ4n) is 2.13. The van der Waals surface area contributed by atoms with Crippen LogP contribution in [0.1, 0.15) is 34.1 Å². The van der Waals surface area contributed by atoms with E-state index >= 15 is 0 Å². The van der Waals surface area contributed by atoms with E-state index in [0.717, 1.165) is 0 Å². The van der Waals surface area contributed by atoms with Crippen LogP contribution in [0.5, 0.6) is 0 Å². The van der Waals surface area contributed by atoms with Crippen LogP contribution >= 0.6 is 67.8 Å². The molecule has 30 heavy (non-hydrogen) atoms. The number of carbonyl (C=O) groups is 3. The Balaban J connectivity index is 3.48. The highest BCUT2D eigenvalue weighted by molar-refractivity contribution is 14.1. The van der Waals surface area contributed by atoms with Gasteiger partial charge in [-0.15, -0.1) is 0 Å². The predicted molar refractivity (Wildman–Crippen MR) is 134 cm³/mol. The zero-order valence-electron chi connectivity index (χ0n) is 15.8. The van der Waals surface area contributed by atoms with Crippen LogP contribution in [-0.2, 0) is 4.79 Å². The summed E-state index contributed by atoms with van der Waals surface area (Å²) < 4.78 is 1.13. The fourth-order valence-corrected chi connectivity index (χ4v) is 6.54. The first kappa shape index (κ1) is 27.7. The SMILES string of the molecule is CCC(=O)Nc1c(I)c(C(=O)NCC(O)CO)c(I)c(C(=O)NCC(O)CO)c1I. The molecule has 1 aromatic rings. The van der Waals surface area contributed by atoms with Gasteiger partial charge < -0.3 is 36.4 Å². The van der Waals surface area contributed by atoms with Gasteiger partial charge in [0.2, 0.25) is 5.91 Å². The predicted octanol–water partition coefficient (Wildman–Crippen LogP) is 0.0149. The summed E-state index contributed by atoms with van der Waals surface area (Å²) in [5.41, 5.74) is 0.547. The summed E-state index contributed by atoms with van der Waals surface area (Å²) in [6, 6.07) is 0. The van der Waals surface area contributed by atoms with Crippen LogP contribution in [0.15, 0.2) is 0 Å². The Morgan fingerprint density at radius 1 is 0.833 bits per heavy atom. The second-order valence-corrected chi connectivity index (χ2v) is 9.30. The largest absolute Gasteiger partial charge is 0.394 e. The topological polar surface area (TPSA) is 168 Å². The summed E-state index contributed by atoms with van der Waals surface area (Å²) in [5.74, 6) is -1.50. The Bertz CT molecular complexity index is 754. The van der Waals surface area contributed by atoms with Gasteiger partial charge in [-0.3, -0.25) is 14.4 Å². The molecule has 1 rings (SSSR count). The third-order valence-corrected chi connectivity index (χ3v) is 7.01. The molecule has 0 aliphatic carbocycles. The molecule has 0 aliphatic rings. The Hall–Kier alpha value is -0.340. The van der Waals surface area contributed by atoms with E-state index in [9.17, 15) is 24.6 Å². The molecule has 3 amide bonds. The second kappa shape index (κ2) is 13.3. The lowest BCUT2D eigenvalue weighted by molar-refractivity contribution is -0.115. The lowest BCUT2D eigenvalue weighted by Gasteiger charge is -2.20. The lowest BCUT2D eigenvalue weighted by atomic mass is 10.1. The van der Waals surface area contributed by atoms with Gasteiger partial charge in [-0.1, -0.05) is 6.92 Å². The summed E-state index contributed by atoms with van der Waals surface area (Å²) in [6.45, 7) is 0.206. The van der Waals surface area contributed by atoms with Crippen molar-refractivity contribution in [3.05, 3.63) is 21.8 Å². The molecule has 10 nitrogen and oxygen atoms in total. The van der Waals surface area contributed by atoms with Gasteiger partial charge in [0.05, 0.1) is 49.4 Å². The van der Waals surface area contributed by atoms with Gasteiger partial charge >= 0.3 is 0 Å². The van der Waals surface area contributed by atoms with E-state index in [4.69, 9.17) is 10.2 Å². The number of benzene rings is 1. The van der Waals surface area contributed by atoms with E-state index in [1.54, 1.807) is 6.92 Å². The molecule has 2 unspecified atom stereocenters. The number of aliphatic hydroxyl groups is 4. The molecule has 13 heteroatoms. The van der Waals surface area contributed by atoms with Gasteiger partial charge in [0, 0.05) is 23.1 Å². The fraction of sp³-hybridized carbons (Fsp3) is 0.471. The molecule has 0 aliphatic heterocycles. The number of nitrogens with one attached hydrogen (secondary N) is 3. The number of carbonyl (C=O) groups excluding carboxylic acids is 3. The number of halogens is 3. The van der Waals surface area contributed by atoms with E-state index in [-0.39, 0.29) is 36.5 Å². The van der Waals surface area contributed by atoms with Crippen molar-refractivity contribution in [1.29, 1.82) is 0 Å². The van der Waals surface area contributed by atoms with Crippen molar-refractivity contribution in [3.8, 4) is 0 Å². The van der Waals surface area contributed by atoms with E-state index in [0.29, 0.717) is 16.4 Å².